The van der Waals surface area contributed by atoms with Crippen LogP contribution in [0.3, 0.4) is 0 Å². The number of carbonyl (C=O) groups is 1. The summed E-state index contributed by atoms with van der Waals surface area (Å²) in [7, 11) is 1.35. The lowest BCUT2D eigenvalue weighted by Crippen LogP contribution is -2.29. The van der Waals surface area contributed by atoms with Crippen LogP contribution in [0, 0.1) is 10.1 Å². The van der Waals surface area contributed by atoms with E-state index in [0.717, 1.165) is 25.3 Å². The van der Waals surface area contributed by atoms with Crippen molar-refractivity contribution in [2.75, 3.05) is 25.5 Å². The number of anilines is 1. The molecule has 0 aliphatic carbocycles. The van der Waals surface area contributed by atoms with Crippen LogP contribution in [0.15, 0.2) is 23.6 Å². The first kappa shape index (κ1) is 18.3. The number of hydrogen-bond acceptors (Lipinski definition) is 7. The Morgan fingerprint density at radius 1 is 1.38 bits per heavy atom. The Morgan fingerprint density at radius 3 is 2.85 bits per heavy atom. The predicted molar refractivity (Wildman–Crippen MR) is 98.8 cm³/mol. The van der Waals surface area contributed by atoms with Crippen molar-refractivity contribution in [3.8, 4) is 5.75 Å². The third kappa shape index (κ3) is 4.36. The maximum absolute atomic E-state index is 12.4. The van der Waals surface area contributed by atoms with Gasteiger partial charge >= 0.3 is 5.69 Å². The normalized spacial score (nSPS) is 14.8. The van der Waals surface area contributed by atoms with Gasteiger partial charge in [0.15, 0.2) is 10.9 Å². The van der Waals surface area contributed by atoms with Crippen LogP contribution in [0.2, 0.25) is 0 Å². The first-order valence-electron chi connectivity index (χ1n) is 8.37. The van der Waals surface area contributed by atoms with Crippen molar-refractivity contribution in [1.82, 2.24) is 9.88 Å². The number of nitro benzene ring substituents is 1. The minimum Gasteiger partial charge on any atom is -0.490 e. The Hall–Kier alpha value is -2.52. The molecule has 3 rings (SSSR count). The molecule has 1 aliphatic rings. The lowest BCUT2D eigenvalue weighted by Gasteiger charge is -2.25. The van der Waals surface area contributed by atoms with Crippen molar-refractivity contribution in [2.45, 2.75) is 25.8 Å². The van der Waals surface area contributed by atoms with Crippen molar-refractivity contribution < 1.29 is 14.5 Å². The topological polar surface area (TPSA) is 97.6 Å². The SMILES string of the molecule is COc1ccc(C(=O)Nc2nc(CN3CCCCC3)cs2)cc1[N+](=O)[O-]. The molecule has 2 aromatic rings. The van der Waals surface area contributed by atoms with E-state index in [1.807, 2.05) is 5.38 Å². The van der Waals surface area contributed by atoms with Crippen molar-refractivity contribution in [3.63, 3.8) is 0 Å². The number of piperidine rings is 1. The van der Waals surface area contributed by atoms with Crippen LogP contribution in [0.5, 0.6) is 5.75 Å². The van der Waals surface area contributed by atoms with Crippen LogP contribution in [-0.4, -0.2) is 40.9 Å². The summed E-state index contributed by atoms with van der Waals surface area (Å²) in [6.07, 6.45) is 3.71. The van der Waals surface area contributed by atoms with Gasteiger partial charge in [-0.25, -0.2) is 4.98 Å². The third-order valence-electron chi connectivity index (χ3n) is 4.24. The first-order chi connectivity index (χ1) is 12.6. The Bertz CT molecular complexity index is 802. The smallest absolute Gasteiger partial charge is 0.311 e. The van der Waals surface area contributed by atoms with E-state index >= 15 is 0 Å². The van der Waals surface area contributed by atoms with Gasteiger partial charge in [0.2, 0.25) is 0 Å². The molecule has 1 saturated heterocycles. The van der Waals surface area contributed by atoms with Crippen LogP contribution in [0.25, 0.3) is 0 Å². The van der Waals surface area contributed by atoms with E-state index in [9.17, 15) is 14.9 Å². The summed E-state index contributed by atoms with van der Waals surface area (Å²) < 4.78 is 4.95. The molecular formula is C17H20N4O4S. The van der Waals surface area contributed by atoms with Gasteiger partial charge in [-0.05, 0) is 38.1 Å². The van der Waals surface area contributed by atoms with Crippen molar-refractivity contribution in [1.29, 1.82) is 0 Å². The minimum absolute atomic E-state index is 0.115. The van der Waals surface area contributed by atoms with Crippen molar-refractivity contribution >= 4 is 28.1 Å². The zero-order valence-electron chi connectivity index (χ0n) is 14.4. The van der Waals surface area contributed by atoms with Crippen LogP contribution < -0.4 is 10.1 Å². The monoisotopic (exact) mass is 376 g/mol. The molecule has 8 nitrogen and oxygen atoms in total. The fourth-order valence-corrected chi connectivity index (χ4v) is 3.62. The summed E-state index contributed by atoms with van der Waals surface area (Å²) in [5.41, 5.74) is 0.864. The van der Waals surface area contributed by atoms with Gasteiger partial charge in [0, 0.05) is 23.6 Å². The van der Waals surface area contributed by atoms with E-state index < -0.39 is 10.8 Å². The molecule has 1 aromatic carbocycles. The number of methoxy groups -OCH3 is 1. The van der Waals surface area contributed by atoms with Crippen molar-refractivity contribution in [2.24, 2.45) is 0 Å². The highest BCUT2D eigenvalue weighted by atomic mass is 32.1. The molecule has 0 atom stereocenters. The molecule has 1 aliphatic heterocycles. The lowest BCUT2D eigenvalue weighted by molar-refractivity contribution is -0.385. The number of benzene rings is 1. The Balaban J connectivity index is 1.66. The standard InChI is InChI=1S/C17H20N4O4S/c1-25-15-6-5-12(9-14(15)21(23)24)16(22)19-17-18-13(11-26-17)10-20-7-3-2-4-8-20/h5-6,9,11H,2-4,7-8,10H2,1H3,(H,18,19,22). The molecule has 2 heterocycles. The quantitative estimate of drug-likeness (QED) is 0.614. The molecule has 0 radical (unpaired) electrons. The lowest BCUT2D eigenvalue weighted by atomic mass is 10.1. The highest BCUT2D eigenvalue weighted by Crippen LogP contribution is 2.28. The molecule has 0 unspecified atom stereocenters. The number of nitrogens with one attached hydrogen (secondary N) is 1. The summed E-state index contributed by atoms with van der Waals surface area (Å²) in [5, 5.41) is 16.2. The average Bonchev–Trinajstić information content (AvgIpc) is 3.08. The zero-order chi connectivity index (χ0) is 18.5. The van der Waals surface area contributed by atoms with Crippen LogP contribution in [0.4, 0.5) is 10.8 Å². The largest absolute Gasteiger partial charge is 0.490 e. The molecule has 0 bridgehead atoms. The molecule has 1 fully saturated rings. The summed E-state index contributed by atoms with van der Waals surface area (Å²) in [4.78, 5) is 29.7. The maximum atomic E-state index is 12.4. The second-order valence-corrected chi connectivity index (χ2v) is 6.94. The number of carbonyl (C=O) groups excluding carboxylic acids is 1. The highest BCUT2D eigenvalue weighted by molar-refractivity contribution is 7.13. The summed E-state index contributed by atoms with van der Waals surface area (Å²) in [6, 6.07) is 4.11. The Kier molecular flexibility index (Phi) is 5.79. The minimum atomic E-state index is -0.574. The van der Waals surface area contributed by atoms with Gasteiger partial charge in [0.25, 0.3) is 5.91 Å². The van der Waals surface area contributed by atoms with Gasteiger partial charge in [-0.15, -0.1) is 11.3 Å². The number of rotatable bonds is 6. The number of hydrogen-bond donors (Lipinski definition) is 1. The number of ether oxygens (including phenoxy) is 1. The molecular weight excluding hydrogens is 356 g/mol. The molecule has 1 amide bonds. The van der Waals surface area contributed by atoms with Crippen LogP contribution in [-0.2, 0) is 6.54 Å². The number of amides is 1. The molecule has 1 N–H and O–H groups in total. The van der Waals surface area contributed by atoms with E-state index in [4.69, 9.17) is 4.74 Å². The molecule has 9 heteroatoms. The number of nitrogens with zero attached hydrogens (tertiary/aromatic N) is 3. The third-order valence-corrected chi connectivity index (χ3v) is 5.05. The zero-order valence-corrected chi connectivity index (χ0v) is 15.3. The number of thiazole rings is 1. The summed E-state index contributed by atoms with van der Waals surface area (Å²) in [5.74, 6) is -0.320. The van der Waals surface area contributed by atoms with E-state index in [-0.39, 0.29) is 17.0 Å². The fraction of sp³-hybridized carbons (Fsp3) is 0.412. The van der Waals surface area contributed by atoms with Gasteiger partial charge < -0.3 is 4.74 Å². The van der Waals surface area contributed by atoms with Gasteiger partial charge in [-0.3, -0.25) is 25.1 Å². The van der Waals surface area contributed by atoms with Crippen LogP contribution >= 0.6 is 11.3 Å². The fourth-order valence-electron chi connectivity index (χ4n) is 2.93. The Labute approximate surface area is 154 Å². The molecule has 26 heavy (non-hydrogen) atoms. The van der Waals surface area contributed by atoms with E-state index in [1.165, 1.54) is 55.9 Å². The molecule has 138 valence electrons. The molecule has 0 spiro atoms. The van der Waals surface area contributed by atoms with Gasteiger partial charge in [-0.1, -0.05) is 6.42 Å². The van der Waals surface area contributed by atoms with E-state index in [2.05, 4.69) is 15.2 Å². The number of nitro groups is 1. The number of likely N-dealkylation sites (tertiary alicyclic amines) is 1. The van der Waals surface area contributed by atoms with Crippen LogP contribution in [0.1, 0.15) is 35.3 Å². The van der Waals surface area contributed by atoms with Gasteiger partial charge in [0.1, 0.15) is 0 Å². The van der Waals surface area contributed by atoms with E-state index in [0.29, 0.717) is 5.13 Å². The second kappa shape index (κ2) is 8.24. The summed E-state index contributed by atoms with van der Waals surface area (Å²) >= 11 is 1.35. The predicted octanol–water partition coefficient (Wildman–Crippen LogP) is 3.30. The average molecular weight is 376 g/mol. The van der Waals surface area contributed by atoms with E-state index in [1.54, 1.807) is 0 Å². The first-order valence-corrected chi connectivity index (χ1v) is 9.25. The summed E-state index contributed by atoms with van der Waals surface area (Å²) in [6.45, 7) is 2.93. The second-order valence-electron chi connectivity index (χ2n) is 6.08. The van der Waals surface area contributed by atoms with Crippen molar-refractivity contribution in [3.05, 3.63) is 45.0 Å². The van der Waals surface area contributed by atoms with Gasteiger partial charge in [0.05, 0.1) is 17.7 Å². The molecule has 0 saturated carbocycles. The molecule has 1 aromatic heterocycles. The Morgan fingerprint density at radius 2 is 2.15 bits per heavy atom. The van der Waals surface area contributed by atoms with Gasteiger partial charge in [-0.2, -0.15) is 0 Å². The maximum Gasteiger partial charge on any atom is 0.311 e. The highest BCUT2D eigenvalue weighted by Gasteiger charge is 2.19. The number of aromatic nitrogens is 1.